The predicted molar refractivity (Wildman–Crippen MR) is 64.8 cm³/mol. The first kappa shape index (κ1) is 12.5. The predicted octanol–water partition coefficient (Wildman–Crippen LogP) is 2.26. The lowest BCUT2D eigenvalue weighted by Crippen LogP contribution is -2.52. The van der Waals surface area contributed by atoms with Crippen molar-refractivity contribution in [2.24, 2.45) is 5.92 Å². The van der Waals surface area contributed by atoms with Gasteiger partial charge in [0.15, 0.2) is 0 Å². The molecule has 2 heteroatoms. The molecule has 3 unspecified atom stereocenters. The second-order valence-electron chi connectivity index (χ2n) is 4.92. The van der Waals surface area contributed by atoms with E-state index in [-0.39, 0.29) is 6.04 Å². The van der Waals surface area contributed by atoms with Crippen LogP contribution in [0.2, 0.25) is 0 Å². The van der Waals surface area contributed by atoms with Crippen molar-refractivity contribution in [1.82, 2.24) is 5.32 Å². The maximum atomic E-state index is 10.2. The van der Waals surface area contributed by atoms with Crippen LogP contribution in [0, 0.1) is 5.92 Å². The van der Waals surface area contributed by atoms with Gasteiger partial charge in [-0.3, -0.25) is 0 Å². The van der Waals surface area contributed by atoms with E-state index in [9.17, 15) is 5.11 Å². The van der Waals surface area contributed by atoms with Crippen molar-refractivity contribution < 1.29 is 5.11 Å². The molecular formula is C13H23NO. The van der Waals surface area contributed by atoms with Gasteiger partial charge >= 0.3 is 0 Å². The zero-order valence-electron chi connectivity index (χ0n) is 9.92. The number of allylic oxidation sites excluding steroid dienone is 1. The highest BCUT2D eigenvalue weighted by atomic mass is 16.3. The second-order valence-corrected chi connectivity index (χ2v) is 4.92. The molecular weight excluding hydrogens is 186 g/mol. The van der Waals surface area contributed by atoms with Crippen LogP contribution in [0.1, 0.15) is 33.1 Å². The molecule has 0 aromatic rings. The van der Waals surface area contributed by atoms with E-state index in [4.69, 9.17) is 0 Å². The van der Waals surface area contributed by atoms with E-state index in [0.29, 0.717) is 5.92 Å². The molecule has 1 rings (SSSR count). The minimum atomic E-state index is -0.588. The number of hydrogen-bond acceptors (Lipinski definition) is 2. The van der Waals surface area contributed by atoms with Gasteiger partial charge in [0.05, 0.1) is 5.60 Å². The summed E-state index contributed by atoms with van der Waals surface area (Å²) in [6, 6.07) is 0.158. The zero-order valence-corrected chi connectivity index (χ0v) is 9.92. The van der Waals surface area contributed by atoms with E-state index >= 15 is 0 Å². The minimum Gasteiger partial charge on any atom is -0.389 e. The fourth-order valence-electron chi connectivity index (χ4n) is 2.27. The standard InChI is InChI=1S/C13H23NO/c1-5-8-14-12-9-11(10(2)3)6-7-13(12,4)15/h5,11-12,14-15H,1-2,6-9H2,3-4H3. The van der Waals surface area contributed by atoms with E-state index < -0.39 is 5.60 Å². The van der Waals surface area contributed by atoms with Gasteiger partial charge in [-0.1, -0.05) is 18.2 Å². The van der Waals surface area contributed by atoms with Crippen LogP contribution in [0.4, 0.5) is 0 Å². The van der Waals surface area contributed by atoms with Crippen LogP contribution < -0.4 is 5.32 Å². The summed E-state index contributed by atoms with van der Waals surface area (Å²) in [5.41, 5.74) is 0.644. The Morgan fingerprint density at radius 1 is 1.67 bits per heavy atom. The molecule has 15 heavy (non-hydrogen) atoms. The largest absolute Gasteiger partial charge is 0.389 e. The Balaban J connectivity index is 2.61. The Bertz CT molecular complexity index is 245. The maximum absolute atomic E-state index is 10.2. The molecule has 0 bridgehead atoms. The van der Waals surface area contributed by atoms with Gasteiger partial charge in [-0.25, -0.2) is 0 Å². The van der Waals surface area contributed by atoms with Crippen molar-refractivity contribution in [3.05, 3.63) is 24.8 Å². The van der Waals surface area contributed by atoms with E-state index in [1.807, 2.05) is 13.0 Å². The molecule has 0 radical (unpaired) electrons. The van der Waals surface area contributed by atoms with Gasteiger partial charge < -0.3 is 10.4 Å². The molecule has 0 amide bonds. The fraction of sp³-hybridized carbons (Fsp3) is 0.692. The Kier molecular flexibility index (Phi) is 4.12. The van der Waals surface area contributed by atoms with Gasteiger partial charge in [0.25, 0.3) is 0 Å². The summed E-state index contributed by atoms with van der Waals surface area (Å²) < 4.78 is 0. The molecule has 0 spiro atoms. The molecule has 0 aromatic heterocycles. The summed E-state index contributed by atoms with van der Waals surface area (Å²) in [5, 5.41) is 13.6. The highest BCUT2D eigenvalue weighted by Gasteiger charge is 2.37. The highest BCUT2D eigenvalue weighted by molar-refractivity contribution is 5.05. The molecule has 0 heterocycles. The Labute approximate surface area is 93.1 Å². The summed E-state index contributed by atoms with van der Waals surface area (Å²) >= 11 is 0. The summed E-state index contributed by atoms with van der Waals surface area (Å²) in [5.74, 6) is 0.549. The van der Waals surface area contributed by atoms with E-state index in [2.05, 4.69) is 25.4 Å². The Hall–Kier alpha value is -0.600. The van der Waals surface area contributed by atoms with Crippen molar-refractivity contribution in [3.8, 4) is 0 Å². The topological polar surface area (TPSA) is 32.3 Å². The Morgan fingerprint density at radius 2 is 2.33 bits per heavy atom. The highest BCUT2D eigenvalue weighted by Crippen LogP contribution is 2.35. The maximum Gasteiger partial charge on any atom is 0.0772 e. The van der Waals surface area contributed by atoms with Crippen LogP contribution in [0.25, 0.3) is 0 Å². The molecule has 0 saturated heterocycles. The molecule has 86 valence electrons. The minimum absolute atomic E-state index is 0.158. The van der Waals surface area contributed by atoms with Crippen LogP contribution in [0.3, 0.4) is 0 Å². The Morgan fingerprint density at radius 3 is 2.87 bits per heavy atom. The zero-order chi connectivity index (χ0) is 11.5. The van der Waals surface area contributed by atoms with Gasteiger partial charge in [-0.2, -0.15) is 0 Å². The van der Waals surface area contributed by atoms with Crippen LogP contribution in [-0.4, -0.2) is 23.3 Å². The summed E-state index contributed by atoms with van der Waals surface area (Å²) in [6.45, 7) is 12.4. The quantitative estimate of drug-likeness (QED) is 0.696. The molecule has 0 aromatic carbocycles. The van der Waals surface area contributed by atoms with Crippen molar-refractivity contribution in [3.63, 3.8) is 0 Å². The van der Waals surface area contributed by atoms with Gasteiger partial charge in [-0.05, 0) is 39.0 Å². The van der Waals surface area contributed by atoms with Crippen molar-refractivity contribution >= 4 is 0 Å². The third-order valence-corrected chi connectivity index (χ3v) is 3.48. The lowest BCUT2D eigenvalue weighted by atomic mass is 9.74. The van der Waals surface area contributed by atoms with Crippen molar-refractivity contribution in [2.75, 3.05) is 6.54 Å². The van der Waals surface area contributed by atoms with Crippen molar-refractivity contribution in [1.29, 1.82) is 0 Å². The smallest absolute Gasteiger partial charge is 0.0772 e. The first-order valence-corrected chi connectivity index (χ1v) is 5.69. The van der Waals surface area contributed by atoms with Gasteiger partial charge in [-0.15, -0.1) is 6.58 Å². The third kappa shape index (κ3) is 3.18. The molecule has 3 atom stereocenters. The van der Waals surface area contributed by atoms with Crippen LogP contribution in [0.5, 0.6) is 0 Å². The fourth-order valence-corrected chi connectivity index (χ4v) is 2.27. The lowest BCUT2D eigenvalue weighted by molar-refractivity contribution is -0.0187. The van der Waals surface area contributed by atoms with Crippen LogP contribution in [0.15, 0.2) is 24.8 Å². The lowest BCUT2D eigenvalue weighted by Gasteiger charge is -2.41. The monoisotopic (exact) mass is 209 g/mol. The number of aliphatic hydroxyl groups is 1. The molecule has 0 aliphatic heterocycles. The summed E-state index contributed by atoms with van der Waals surface area (Å²) in [4.78, 5) is 0. The first-order valence-electron chi connectivity index (χ1n) is 5.69. The molecule has 2 nitrogen and oxygen atoms in total. The molecule has 1 aliphatic rings. The van der Waals surface area contributed by atoms with Crippen LogP contribution in [-0.2, 0) is 0 Å². The molecule has 1 saturated carbocycles. The van der Waals surface area contributed by atoms with Gasteiger partial charge in [0, 0.05) is 12.6 Å². The van der Waals surface area contributed by atoms with E-state index in [1.54, 1.807) is 0 Å². The number of hydrogen-bond donors (Lipinski definition) is 2. The molecule has 1 fully saturated rings. The normalized spacial score (nSPS) is 36.2. The first-order chi connectivity index (χ1) is 6.97. The summed E-state index contributed by atoms with van der Waals surface area (Å²) in [6.07, 6.45) is 4.71. The number of rotatable bonds is 4. The second kappa shape index (κ2) is 4.95. The van der Waals surface area contributed by atoms with Gasteiger partial charge in [0.1, 0.15) is 0 Å². The van der Waals surface area contributed by atoms with Crippen molar-refractivity contribution in [2.45, 2.75) is 44.8 Å². The summed E-state index contributed by atoms with van der Waals surface area (Å²) in [7, 11) is 0. The molecule has 2 N–H and O–H groups in total. The SMILES string of the molecule is C=CCNC1CC(C(=C)C)CCC1(C)O. The average Bonchev–Trinajstić information content (AvgIpc) is 2.15. The van der Waals surface area contributed by atoms with E-state index in [1.165, 1.54) is 5.57 Å². The average molecular weight is 209 g/mol. The van der Waals surface area contributed by atoms with Crippen LogP contribution >= 0.6 is 0 Å². The van der Waals surface area contributed by atoms with E-state index in [0.717, 1.165) is 25.8 Å². The number of nitrogens with one attached hydrogen (secondary N) is 1. The van der Waals surface area contributed by atoms with Gasteiger partial charge in [0.2, 0.25) is 0 Å². The molecule has 1 aliphatic carbocycles. The third-order valence-electron chi connectivity index (χ3n) is 3.48.